The Kier molecular flexibility index (Phi) is 9.52. The van der Waals surface area contributed by atoms with Crippen molar-refractivity contribution in [3.05, 3.63) is 125 Å². The fourth-order valence-electron chi connectivity index (χ4n) is 12.5. The van der Waals surface area contributed by atoms with Gasteiger partial charge in [-0.3, -0.25) is 4.79 Å². The summed E-state index contributed by atoms with van der Waals surface area (Å²) in [6.45, 7) is 4.40. The van der Waals surface area contributed by atoms with Gasteiger partial charge in [0.25, 0.3) is 10.0 Å². The van der Waals surface area contributed by atoms with Gasteiger partial charge in [-0.1, -0.05) is 98.8 Å². The molecule has 1 heterocycles. The molecule has 0 saturated heterocycles. The number of carbonyl (C=O) groups excluding carboxylic acids is 1. The number of Topliss-reactive ketones (excluding diaryl/α,β-unsaturated/α-hetero) is 1. The molecule has 8 atom stereocenters. The summed E-state index contributed by atoms with van der Waals surface area (Å²) in [6, 6.07) is 26.6. The minimum atomic E-state index is -4.04. The van der Waals surface area contributed by atoms with Crippen molar-refractivity contribution in [3.8, 4) is 22.6 Å². The molecule has 10 heteroatoms. The standard InChI is InChI=1S/C48H53NO7S2/c1-44-21-18-34(50)28-46(44)24-25-48(38(29-46)43(51)37-14-9-8-13-36(37)32-11-6-5-7-12-32)40(44)19-22-45(2)41(48)20-23-47(45,52)31-49(58(53,54)42-15-10-26-57-42)30-33-16-17-35(55-3)27-39(33)56-4/h5-17,24-27,29,34,40-41,50,52H,18-23,28,30-31H2,1-4H3. The van der Waals surface area contributed by atoms with Crippen molar-refractivity contribution < 1.29 is 32.9 Å². The molecule has 1 aromatic heterocycles. The van der Waals surface area contributed by atoms with Crippen LogP contribution in [0.3, 0.4) is 0 Å². The van der Waals surface area contributed by atoms with Crippen LogP contribution in [0, 0.1) is 33.5 Å². The van der Waals surface area contributed by atoms with Crippen molar-refractivity contribution in [1.29, 1.82) is 0 Å². The minimum absolute atomic E-state index is 0.00699. The summed E-state index contributed by atoms with van der Waals surface area (Å²) in [5.74, 6) is 1.03. The lowest BCUT2D eigenvalue weighted by Gasteiger charge is -2.71. The molecule has 2 bridgehead atoms. The van der Waals surface area contributed by atoms with E-state index in [1.54, 1.807) is 43.9 Å². The molecule has 304 valence electrons. The lowest BCUT2D eigenvalue weighted by atomic mass is 9.32. The predicted octanol–water partition coefficient (Wildman–Crippen LogP) is 9.10. The van der Waals surface area contributed by atoms with E-state index in [-0.39, 0.29) is 40.3 Å². The quantitative estimate of drug-likeness (QED) is 0.115. The van der Waals surface area contributed by atoms with Crippen molar-refractivity contribution in [2.24, 2.45) is 33.5 Å². The number of rotatable bonds is 11. The molecule has 3 saturated carbocycles. The number of ether oxygens (including phenoxy) is 2. The van der Waals surface area contributed by atoms with Crippen LogP contribution in [0.25, 0.3) is 11.1 Å². The molecule has 4 aromatic rings. The van der Waals surface area contributed by atoms with E-state index in [1.807, 2.05) is 60.7 Å². The molecule has 8 unspecified atom stereocenters. The van der Waals surface area contributed by atoms with Crippen LogP contribution in [0.2, 0.25) is 0 Å². The second kappa shape index (κ2) is 14.0. The van der Waals surface area contributed by atoms with Crippen LogP contribution >= 0.6 is 11.3 Å². The van der Waals surface area contributed by atoms with Gasteiger partial charge in [0.2, 0.25) is 0 Å². The smallest absolute Gasteiger partial charge is 0.252 e. The SMILES string of the molecule is COc1ccc(CN(CC2(O)CCC3C45C=CC6(C=C4C(=O)c4ccccc4-c4ccccc4)CC(O)CCC6(C)C5CCC32C)S(=O)(=O)c2cccs2)c(OC)c1. The van der Waals surface area contributed by atoms with Crippen molar-refractivity contribution in [3.63, 3.8) is 0 Å². The van der Waals surface area contributed by atoms with E-state index in [1.165, 1.54) is 4.31 Å². The first-order valence-corrected chi connectivity index (χ1v) is 22.9. The van der Waals surface area contributed by atoms with Crippen LogP contribution < -0.4 is 9.47 Å². The zero-order valence-corrected chi connectivity index (χ0v) is 35.3. The van der Waals surface area contributed by atoms with Gasteiger partial charge in [0.05, 0.1) is 25.9 Å². The Morgan fingerprint density at radius 3 is 2.33 bits per heavy atom. The van der Waals surface area contributed by atoms with Crippen molar-refractivity contribution in [1.82, 2.24) is 4.31 Å². The van der Waals surface area contributed by atoms with Gasteiger partial charge < -0.3 is 19.7 Å². The second-order valence-electron chi connectivity index (χ2n) is 17.9. The number of aliphatic hydroxyl groups is 2. The number of hydrogen-bond donors (Lipinski definition) is 2. The molecule has 2 spiro atoms. The summed E-state index contributed by atoms with van der Waals surface area (Å²) in [4.78, 5) is 15.6. The van der Waals surface area contributed by atoms with Crippen molar-refractivity contribution in [2.45, 2.75) is 81.3 Å². The number of hydrogen-bond acceptors (Lipinski definition) is 8. The Hall–Kier alpha value is -4.06. The number of thiophene rings is 1. The first kappa shape index (κ1) is 39.4. The molecule has 6 aliphatic carbocycles. The fraction of sp³-hybridized carbons (Fsp3) is 0.438. The first-order chi connectivity index (χ1) is 27.7. The van der Waals surface area contributed by atoms with Crippen molar-refractivity contribution >= 4 is 27.1 Å². The third kappa shape index (κ3) is 5.61. The highest BCUT2D eigenvalue weighted by Crippen LogP contribution is 2.78. The van der Waals surface area contributed by atoms with Crippen LogP contribution in [0.5, 0.6) is 11.5 Å². The Bertz CT molecular complexity index is 2410. The largest absolute Gasteiger partial charge is 0.497 e. The van der Waals surface area contributed by atoms with Crippen LogP contribution in [-0.2, 0) is 16.6 Å². The highest BCUT2D eigenvalue weighted by atomic mass is 32.2. The van der Waals surface area contributed by atoms with Gasteiger partial charge in [0.15, 0.2) is 5.78 Å². The van der Waals surface area contributed by atoms with Crippen LogP contribution in [0.4, 0.5) is 0 Å². The van der Waals surface area contributed by atoms with Gasteiger partial charge in [-0.15, -0.1) is 11.3 Å². The molecular formula is C48H53NO7S2. The second-order valence-corrected chi connectivity index (χ2v) is 21.0. The molecule has 0 radical (unpaired) electrons. The maximum atomic E-state index is 15.6. The molecular weight excluding hydrogens is 767 g/mol. The van der Waals surface area contributed by atoms with Crippen molar-refractivity contribution in [2.75, 3.05) is 20.8 Å². The predicted molar refractivity (Wildman–Crippen MR) is 226 cm³/mol. The number of methoxy groups -OCH3 is 2. The topological polar surface area (TPSA) is 113 Å². The highest BCUT2D eigenvalue weighted by molar-refractivity contribution is 7.91. The van der Waals surface area contributed by atoms with E-state index in [2.05, 4.69) is 32.1 Å². The van der Waals surface area contributed by atoms with Gasteiger partial charge >= 0.3 is 0 Å². The molecule has 3 fully saturated rings. The van der Waals surface area contributed by atoms with Gasteiger partial charge in [-0.05, 0) is 90.8 Å². The molecule has 3 aromatic carbocycles. The summed E-state index contributed by atoms with van der Waals surface area (Å²) < 4.78 is 42.0. The number of nitrogens with zero attached hydrogens (tertiary/aromatic N) is 1. The third-order valence-corrected chi connectivity index (χ3v) is 18.7. The monoisotopic (exact) mass is 819 g/mol. The number of allylic oxidation sites excluding steroid dienone is 4. The number of ketones is 1. The molecule has 0 aliphatic heterocycles. The molecule has 2 N–H and O–H groups in total. The zero-order chi connectivity index (χ0) is 40.7. The van der Waals surface area contributed by atoms with Crippen LogP contribution in [0.15, 0.2) is 118 Å². The first-order valence-electron chi connectivity index (χ1n) is 20.5. The number of benzene rings is 3. The van der Waals surface area contributed by atoms with E-state index in [4.69, 9.17) is 9.47 Å². The maximum absolute atomic E-state index is 15.6. The Labute approximate surface area is 346 Å². The average Bonchev–Trinajstić information content (AvgIpc) is 3.88. The summed E-state index contributed by atoms with van der Waals surface area (Å²) >= 11 is 1.16. The van der Waals surface area contributed by atoms with Gasteiger partial charge in [-0.2, -0.15) is 4.31 Å². The summed E-state index contributed by atoms with van der Waals surface area (Å²) in [7, 11) is -0.915. The number of aliphatic hydroxyl groups excluding tert-OH is 1. The Morgan fingerprint density at radius 2 is 1.59 bits per heavy atom. The summed E-state index contributed by atoms with van der Waals surface area (Å²) in [5.41, 5.74) is 0.371. The van der Waals surface area contributed by atoms with E-state index >= 15 is 4.79 Å². The summed E-state index contributed by atoms with van der Waals surface area (Å²) in [5, 5.41) is 26.3. The average molecular weight is 820 g/mol. The van der Waals surface area contributed by atoms with E-state index in [9.17, 15) is 18.6 Å². The summed E-state index contributed by atoms with van der Waals surface area (Å²) in [6.07, 6.45) is 11.0. The minimum Gasteiger partial charge on any atom is -0.497 e. The van der Waals surface area contributed by atoms with Gasteiger partial charge in [-0.25, -0.2) is 8.42 Å². The van der Waals surface area contributed by atoms with Crippen LogP contribution in [-0.4, -0.2) is 61.2 Å². The lowest BCUT2D eigenvalue weighted by Crippen LogP contribution is -2.67. The van der Waals surface area contributed by atoms with E-state index in [0.29, 0.717) is 54.7 Å². The van der Waals surface area contributed by atoms with E-state index in [0.717, 1.165) is 40.9 Å². The van der Waals surface area contributed by atoms with E-state index < -0.39 is 38.0 Å². The highest BCUT2D eigenvalue weighted by Gasteiger charge is 2.74. The number of fused-ring (bicyclic) bond motifs is 1. The lowest BCUT2D eigenvalue weighted by molar-refractivity contribution is -0.173. The molecule has 10 rings (SSSR count). The fourth-order valence-corrected chi connectivity index (χ4v) is 15.1. The molecule has 0 amide bonds. The van der Waals surface area contributed by atoms with Crippen LogP contribution in [0.1, 0.15) is 74.7 Å². The number of carbonyl (C=O) groups is 1. The van der Waals surface area contributed by atoms with Gasteiger partial charge in [0.1, 0.15) is 15.7 Å². The third-order valence-electron chi connectivity index (χ3n) is 15.6. The molecule has 8 nitrogen and oxygen atoms in total. The van der Waals surface area contributed by atoms with Gasteiger partial charge in [0, 0.05) is 52.1 Å². The number of sulfonamides is 1. The zero-order valence-electron chi connectivity index (χ0n) is 33.7. The molecule has 6 aliphatic rings. The Morgan fingerprint density at radius 1 is 0.862 bits per heavy atom. The Balaban J connectivity index is 1.16. The maximum Gasteiger partial charge on any atom is 0.252 e. The molecule has 58 heavy (non-hydrogen) atoms. The normalized spacial score (nSPS) is 33.6.